The summed E-state index contributed by atoms with van der Waals surface area (Å²) in [5.41, 5.74) is 2.79. The molecule has 0 bridgehead atoms. The van der Waals surface area contributed by atoms with Crippen LogP contribution in [0.25, 0.3) is 11.1 Å². The van der Waals surface area contributed by atoms with E-state index in [1.54, 1.807) is 0 Å². The molecule has 0 aliphatic carbocycles. The number of aryl methyl sites for hydroxylation is 1. The molecule has 3 aromatic rings. The van der Waals surface area contributed by atoms with Crippen molar-refractivity contribution in [2.75, 3.05) is 18.2 Å². The van der Waals surface area contributed by atoms with E-state index in [1.165, 1.54) is 30.2 Å². The lowest BCUT2D eigenvalue weighted by Crippen LogP contribution is -2.16. The molecule has 2 heterocycles. The Hall–Kier alpha value is -2.32. The second-order valence-electron chi connectivity index (χ2n) is 5.47. The first kappa shape index (κ1) is 18.5. The van der Waals surface area contributed by atoms with Gasteiger partial charge in [-0.15, -0.1) is 11.3 Å². The Balaban J connectivity index is 1.71. The highest BCUT2D eigenvalue weighted by atomic mass is 32.2. The smallest absolute Gasteiger partial charge is 0.341 e. The maximum atomic E-state index is 12.3. The molecule has 0 saturated carbocycles. The van der Waals surface area contributed by atoms with Gasteiger partial charge in [-0.05, 0) is 31.0 Å². The van der Waals surface area contributed by atoms with Gasteiger partial charge >= 0.3 is 5.97 Å². The molecule has 0 saturated heterocycles. The monoisotopic (exact) mass is 390 g/mol. The van der Waals surface area contributed by atoms with Crippen molar-refractivity contribution in [2.45, 2.75) is 25.5 Å². The molecule has 2 aromatic heterocycles. The molecule has 136 valence electrons. The fraction of sp³-hybridized carbons (Fsp3) is 0.278. The topological polar surface area (TPSA) is 81.4 Å². The van der Waals surface area contributed by atoms with E-state index in [-0.39, 0.29) is 11.7 Å². The number of rotatable bonds is 6. The summed E-state index contributed by atoms with van der Waals surface area (Å²) in [7, 11) is 1.34. The molecule has 0 spiro atoms. The largest absolute Gasteiger partial charge is 0.465 e. The number of hydrogen-bond acceptors (Lipinski definition) is 7. The van der Waals surface area contributed by atoms with Gasteiger partial charge in [-0.25, -0.2) is 9.78 Å². The van der Waals surface area contributed by atoms with Crippen molar-refractivity contribution in [1.29, 1.82) is 0 Å². The van der Waals surface area contributed by atoms with Crippen LogP contribution in [0.5, 0.6) is 0 Å². The number of anilines is 1. The van der Waals surface area contributed by atoms with Crippen LogP contribution < -0.4 is 5.32 Å². The van der Waals surface area contributed by atoms with E-state index in [4.69, 9.17) is 9.15 Å². The lowest BCUT2D eigenvalue weighted by molar-refractivity contribution is -0.113. The number of nitrogens with one attached hydrogen (secondary N) is 1. The third-order valence-corrected chi connectivity index (χ3v) is 5.70. The lowest BCUT2D eigenvalue weighted by atomic mass is 10.1. The van der Waals surface area contributed by atoms with Crippen molar-refractivity contribution < 1.29 is 18.7 Å². The first-order valence-corrected chi connectivity index (χ1v) is 9.82. The number of oxazole rings is 1. The van der Waals surface area contributed by atoms with Gasteiger partial charge in [0.1, 0.15) is 10.5 Å². The average Bonchev–Trinajstić information content (AvgIpc) is 3.19. The first-order valence-electron chi connectivity index (χ1n) is 8.02. The number of thiophene rings is 1. The Labute approximate surface area is 158 Å². The second-order valence-corrected chi connectivity index (χ2v) is 7.62. The van der Waals surface area contributed by atoms with Crippen molar-refractivity contribution in [3.05, 3.63) is 40.3 Å². The molecule has 0 aliphatic rings. The zero-order chi connectivity index (χ0) is 18.7. The molecular weight excluding hydrogens is 372 g/mol. The number of nitrogens with zero attached hydrogens (tertiary/aromatic N) is 1. The van der Waals surface area contributed by atoms with Crippen LogP contribution >= 0.6 is 23.1 Å². The third-order valence-electron chi connectivity index (χ3n) is 3.81. The standard InChI is InChI=1S/C18H18N2O4S2/c1-4-11-10(2)26-16(15(11)17(22)23-3)20-14(21)9-25-18-19-12-7-5-6-8-13(12)24-18/h5-8H,4,9H2,1-3H3,(H,20,21). The lowest BCUT2D eigenvalue weighted by Gasteiger charge is -2.06. The van der Waals surface area contributed by atoms with E-state index in [2.05, 4.69) is 10.3 Å². The van der Waals surface area contributed by atoms with Crippen molar-refractivity contribution in [3.8, 4) is 0 Å². The molecule has 1 aromatic carbocycles. The van der Waals surface area contributed by atoms with Crippen LogP contribution in [0.15, 0.2) is 33.9 Å². The number of carbonyl (C=O) groups is 2. The van der Waals surface area contributed by atoms with Crippen LogP contribution in [0, 0.1) is 6.92 Å². The minimum Gasteiger partial charge on any atom is -0.465 e. The minimum absolute atomic E-state index is 0.131. The van der Waals surface area contributed by atoms with Gasteiger partial charge in [-0.1, -0.05) is 30.8 Å². The van der Waals surface area contributed by atoms with Gasteiger partial charge in [0.15, 0.2) is 5.58 Å². The van der Waals surface area contributed by atoms with Crippen molar-refractivity contribution >= 4 is 51.1 Å². The van der Waals surface area contributed by atoms with Crippen LogP contribution in [0.1, 0.15) is 27.7 Å². The maximum absolute atomic E-state index is 12.3. The van der Waals surface area contributed by atoms with Gasteiger partial charge in [0.25, 0.3) is 5.22 Å². The summed E-state index contributed by atoms with van der Waals surface area (Å²) >= 11 is 2.59. The Bertz CT molecular complexity index is 928. The third kappa shape index (κ3) is 3.76. The van der Waals surface area contributed by atoms with E-state index < -0.39 is 5.97 Å². The molecule has 0 radical (unpaired) electrons. The molecule has 3 rings (SSSR count). The Kier molecular flexibility index (Phi) is 5.63. The molecule has 0 aliphatic heterocycles. The fourth-order valence-corrected chi connectivity index (χ4v) is 4.40. The number of methoxy groups -OCH3 is 1. The molecule has 0 unspecified atom stereocenters. The maximum Gasteiger partial charge on any atom is 0.341 e. The van der Waals surface area contributed by atoms with Gasteiger partial charge in [0.2, 0.25) is 5.91 Å². The van der Waals surface area contributed by atoms with E-state index >= 15 is 0 Å². The van der Waals surface area contributed by atoms with Gasteiger partial charge in [0.05, 0.1) is 18.4 Å². The quantitative estimate of drug-likeness (QED) is 0.500. The number of hydrogen-bond donors (Lipinski definition) is 1. The minimum atomic E-state index is -0.437. The summed E-state index contributed by atoms with van der Waals surface area (Å²) in [6.07, 6.45) is 0.695. The fourth-order valence-electron chi connectivity index (χ4n) is 2.61. The summed E-state index contributed by atoms with van der Waals surface area (Å²) in [6.45, 7) is 3.90. The number of benzene rings is 1. The number of para-hydroxylation sites is 2. The number of amides is 1. The second kappa shape index (κ2) is 7.92. The average molecular weight is 390 g/mol. The van der Waals surface area contributed by atoms with E-state index in [9.17, 15) is 9.59 Å². The van der Waals surface area contributed by atoms with Gasteiger partial charge < -0.3 is 14.5 Å². The highest BCUT2D eigenvalue weighted by Crippen LogP contribution is 2.34. The van der Waals surface area contributed by atoms with Gasteiger partial charge in [-0.3, -0.25) is 4.79 Å². The van der Waals surface area contributed by atoms with Crippen molar-refractivity contribution in [3.63, 3.8) is 0 Å². The SMILES string of the molecule is CCc1c(C)sc(NC(=O)CSc2nc3ccccc3o2)c1C(=O)OC. The normalized spacial score (nSPS) is 10.9. The zero-order valence-corrected chi connectivity index (χ0v) is 16.3. The first-order chi connectivity index (χ1) is 12.5. The van der Waals surface area contributed by atoms with Crippen LogP contribution in [0.4, 0.5) is 5.00 Å². The molecule has 1 amide bonds. The number of esters is 1. The van der Waals surface area contributed by atoms with Crippen molar-refractivity contribution in [1.82, 2.24) is 4.98 Å². The molecule has 26 heavy (non-hydrogen) atoms. The molecule has 6 nitrogen and oxygen atoms in total. The molecule has 8 heteroatoms. The molecular formula is C18H18N2O4S2. The van der Waals surface area contributed by atoms with Crippen LogP contribution in [0.3, 0.4) is 0 Å². The summed E-state index contributed by atoms with van der Waals surface area (Å²) in [4.78, 5) is 29.7. The predicted molar refractivity (Wildman–Crippen MR) is 103 cm³/mol. The Morgan fingerprint density at radius 2 is 2.12 bits per heavy atom. The molecule has 1 N–H and O–H groups in total. The van der Waals surface area contributed by atoms with Crippen LogP contribution in [-0.4, -0.2) is 29.7 Å². The number of thioether (sulfide) groups is 1. The summed E-state index contributed by atoms with van der Waals surface area (Å²) in [5, 5.41) is 3.77. The number of carbonyl (C=O) groups excluding carboxylic acids is 2. The number of fused-ring (bicyclic) bond motifs is 1. The van der Waals surface area contributed by atoms with Gasteiger partial charge in [-0.2, -0.15) is 0 Å². The van der Waals surface area contributed by atoms with Crippen LogP contribution in [0.2, 0.25) is 0 Å². The number of ether oxygens (including phenoxy) is 1. The highest BCUT2D eigenvalue weighted by Gasteiger charge is 2.23. The summed E-state index contributed by atoms with van der Waals surface area (Å²) in [6, 6.07) is 7.43. The van der Waals surface area contributed by atoms with E-state index in [0.29, 0.717) is 27.8 Å². The molecule has 0 fully saturated rings. The predicted octanol–water partition coefficient (Wildman–Crippen LogP) is 4.28. The van der Waals surface area contributed by atoms with Gasteiger partial charge in [0, 0.05) is 4.88 Å². The Morgan fingerprint density at radius 1 is 1.35 bits per heavy atom. The molecule has 0 atom stereocenters. The summed E-state index contributed by atoms with van der Waals surface area (Å²) in [5.74, 6) is -0.536. The highest BCUT2D eigenvalue weighted by molar-refractivity contribution is 7.99. The summed E-state index contributed by atoms with van der Waals surface area (Å²) < 4.78 is 10.5. The van der Waals surface area contributed by atoms with E-state index in [1.807, 2.05) is 38.1 Å². The van der Waals surface area contributed by atoms with Crippen molar-refractivity contribution in [2.24, 2.45) is 0 Å². The van der Waals surface area contributed by atoms with E-state index in [0.717, 1.165) is 16.0 Å². The van der Waals surface area contributed by atoms with Crippen LogP contribution in [-0.2, 0) is 16.0 Å². The Morgan fingerprint density at radius 3 is 2.81 bits per heavy atom. The zero-order valence-electron chi connectivity index (χ0n) is 14.6. The number of aromatic nitrogens is 1.